The van der Waals surface area contributed by atoms with E-state index in [0.717, 1.165) is 12.0 Å². The maximum atomic E-state index is 12.1. The van der Waals surface area contributed by atoms with Gasteiger partial charge in [-0.15, -0.1) is 0 Å². The molecule has 0 radical (unpaired) electrons. The highest BCUT2D eigenvalue weighted by atomic mass is 16.5. The summed E-state index contributed by atoms with van der Waals surface area (Å²) >= 11 is 0. The van der Waals surface area contributed by atoms with Gasteiger partial charge in [-0.1, -0.05) is 31.2 Å². The molecule has 25 heavy (non-hydrogen) atoms. The molecule has 0 saturated heterocycles. The molecule has 2 aromatic rings. The van der Waals surface area contributed by atoms with E-state index in [9.17, 15) is 9.59 Å². The molecule has 1 amide bonds. The van der Waals surface area contributed by atoms with Gasteiger partial charge in [-0.25, -0.2) is 0 Å². The van der Waals surface area contributed by atoms with Crippen LogP contribution in [0.25, 0.3) is 0 Å². The first kappa shape index (κ1) is 18.5. The Balaban J connectivity index is 0.00000338. The van der Waals surface area contributed by atoms with Crippen molar-refractivity contribution in [2.45, 2.75) is 26.3 Å². The molecule has 0 unspecified atom stereocenters. The molecule has 0 aromatic heterocycles. The van der Waals surface area contributed by atoms with Crippen LogP contribution in [0.1, 0.15) is 36.3 Å². The standard InChI is InChI=1S/C20H23NO4.H2/c1-3-15-4-8-17(9-5-15)20(23)21-14-16-6-10-18(11-7-16)25-13-12-19(22)24-2;/h4-11H,3,12-14H2,1-2H3,(H,21,23);1H. The average Bonchev–Trinajstić information content (AvgIpc) is 2.67. The normalized spacial score (nSPS) is 10.2. The largest absolute Gasteiger partial charge is 0.493 e. The van der Waals surface area contributed by atoms with Crippen molar-refractivity contribution >= 4 is 11.9 Å². The Hall–Kier alpha value is -2.82. The summed E-state index contributed by atoms with van der Waals surface area (Å²) in [7, 11) is 1.35. The second kappa shape index (κ2) is 9.47. The third kappa shape index (κ3) is 5.95. The fourth-order valence-corrected chi connectivity index (χ4v) is 2.23. The molecule has 5 nitrogen and oxygen atoms in total. The highest BCUT2D eigenvalue weighted by Crippen LogP contribution is 2.13. The van der Waals surface area contributed by atoms with Gasteiger partial charge in [-0.3, -0.25) is 9.59 Å². The number of carbonyl (C=O) groups is 2. The Bertz CT molecular complexity index is 699. The van der Waals surface area contributed by atoms with E-state index in [0.29, 0.717) is 17.9 Å². The lowest BCUT2D eigenvalue weighted by Gasteiger charge is -2.08. The number of methoxy groups -OCH3 is 1. The minimum atomic E-state index is -0.300. The van der Waals surface area contributed by atoms with Gasteiger partial charge in [-0.2, -0.15) is 0 Å². The predicted octanol–water partition coefficient (Wildman–Crippen LogP) is 3.37. The number of rotatable bonds is 8. The summed E-state index contributed by atoms with van der Waals surface area (Å²) in [6, 6.07) is 15.0. The van der Waals surface area contributed by atoms with Crippen LogP contribution in [0.15, 0.2) is 48.5 Å². The topological polar surface area (TPSA) is 64.6 Å². The van der Waals surface area contributed by atoms with Crippen LogP contribution in [0, 0.1) is 0 Å². The third-order valence-electron chi connectivity index (χ3n) is 3.80. The van der Waals surface area contributed by atoms with Crippen LogP contribution < -0.4 is 10.1 Å². The van der Waals surface area contributed by atoms with Crippen LogP contribution in [0.4, 0.5) is 0 Å². The fraction of sp³-hybridized carbons (Fsp3) is 0.300. The summed E-state index contributed by atoms with van der Waals surface area (Å²) in [5.74, 6) is 0.279. The molecule has 0 spiro atoms. The van der Waals surface area contributed by atoms with E-state index in [-0.39, 0.29) is 26.3 Å². The first-order chi connectivity index (χ1) is 12.1. The van der Waals surface area contributed by atoms with Crippen LogP contribution in [0.2, 0.25) is 0 Å². The van der Waals surface area contributed by atoms with Gasteiger partial charge in [0.25, 0.3) is 5.91 Å². The molecule has 2 aromatic carbocycles. The van der Waals surface area contributed by atoms with Crippen LogP contribution in [0.5, 0.6) is 5.75 Å². The average molecular weight is 343 g/mol. The highest BCUT2D eigenvalue weighted by Gasteiger charge is 2.05. The maximum absolute atomic E-state index is 12.1. The van der Waals surface area contributed by atoms with Crippen molar-refractivity contribution in [1.82, 2.24) is 5.32 Å². The second-order valence-corrected chi connectivity index (χ2v) is 5.55. The molecular weight excluding hydrogens is 318 g/mol. The quantitative estimate of drug-likeness (QED) is 0.747. The van der Waals surface area contributed by atoms with Gasteiger partial charge in [0.2, 0.25) is 0 Å². The third-order valence-corrected chi connectivity index (χ3v) is 3.80. The van der Waals surface area contributed by atoms with Crippen molar-refractivity contribution in [2.75, 3.05) is 13.7 Å². The zero-order valence-electron chi connectivity index (χ0n) is 14.6. The molecule has 1 N–H and O–H groups in total. The summed E-state index contributed by atoms with van der Waals surface area (Å²) in [5.41, 5.74) is 2.83. The number of nitrogens with one attached hydrogen (secondary N) is 1. The van der Waals surface area contributed by atoms with Crippen molar-refractivity contribution in [1.29, 1.82) is 0 Å². The van der Waals surface area contributed by atoms with E-state index < -0.39 is 0 Å². The molecule has 134 valence electrons. The highest BCUT2D eigenvalue weighted by molar-refractivity contribution is 5.94. The number of esters is 1. The monoisotopic (exact) mass is 343 g/mol. The van der Waals surface area contributed by atoms with Gasteiger partial charge in [0, 0.05) is 13.5 Å². The molecule has 5 heteroatoms. The van der Waals surface area contributed by atoms with Gasteiger partial charge in [0.05, 0.1) is 20.1 Å². The number of hydrogen-bond acceptors (Lipinski definition) is 4. The minimum Gasteiger partial charge on any atom is -0.493 e. The van der Waals surface area contributed by atoms with Gasteiger partial charge in [0.15, 0.2) is 0 Å². The molecule has 2 rings (SSSR count). The Morgan fingerprint density at radius 2 is 1.64 bits per heavy atom. The van der Waals surface area contributed by atoms with Crippen molar-refractivity contribution in [3.8, 4) is 5.75 Å². The van der Waals surface area contributed by atoms with Gasteiger partial charge in [0.1, 0.15) is 5.75 Å². The van der Waals surface area contributed by atoms with Gasteiger partial charge >= 0.3 is 5.97 Å². The summed E-state index contributed by atoms with van der Waals surface area (Å²) < 4.78 is 10.0. The predicted molar refractivity (Wildman–Crippen MR) is 97.7 cm³/mol. The molecule has 0 aliphatic rings. The van der Waals surface area contributed by atoms with Crippen molar-refractivity contribution in [2.24, 2.45) is 0 Å². The number of ether oxygens (including phenoxy) is 2. The number of benzene rings is 2. The minimum absolute atomic E-state index is 0. The fourth-order valence-electron chi connectivity index (χ4n) is 2.23. The van der Waals surface area contributed by atoms with E-state index in [2.05, 4.69) is 17.0 Å². The Kier molecular flexibility index (Phi) is 7.01. The maximum Gasteiger partial charge on any atom is 0.308 e. The SMILES string of the molecule is CCc1ccc(C(=O)NCc2ccc(OCCC(=O)OC)cc2)cc1.[HH]. The zero-order chi connectivity index (χ0) is 18.1. The van der Waals surface area contributed by atoms with Crippen LogP contribution in [0.3, 0.4) is 0 Å². The molecule has 0 saturated carbocycles. The molecule has 0 bridgehead atoms. The van der Waals surface area contributed by atoms with E-state index >= 15 is 0 Å². The van der Waals surface area contributed by atoms with Gasteiger partial charge in [-0.05, 0) is 41.8 Å². The number of aryl methyl sites for hydroxylation is 1. The first-order valence-electron chi connectivity index (χ1n) is 8.28. The summed E-state index contributed by atoms with van der Waals surface area (Å²) in [4.78, 5) is 23.2. The molecule has 0 atom stereocenters. The molecule has 0 aliphatic heterocycles. The van der Waals surface area contributed by atoms with E-state index in [4.69, 9.17) is 4.74 Å². The summed E-state index contributed by atoms with van der Waals surface area (Å²) in [6.45, 7) is 2.80. The zero-order valence-corrected chi connectivity index (χ0v) is 14.6. The van der Waals surface area contributed by atoms with E-state index in [1.54, 1.807) is 0 Å². The Morgan fingerprint density at radius 1 is 1.00 bits per heavy atom. The Labute approximate surface area is 149 Å². The molecular formula is C20H25NO4. The van der Waals surface area contributed by atoms with Crippen LogP contribution >= 0.6 is 0 Å². The summed E-state index contributed by atoms with van der Waals surface area (Å²) in [5, 5.41) is 2.90. The number of hydrogen-bond donors (Lipinski definition) is 1. The van der Waals surface area contributed by atoms with E-state index in [1.165, 1.54) is 12.7 Å². The van der Waals surface area contributed by atoms with Crippen molar-refractivity contribution < 1.29 is 20.5 Å². The lowest BCUT2D eigenvalue weighted by molar-refractivity contribution is -0.141. The first-order valence-corrected chi connectivity index (χ1v) is 8.28. The summed E-state index contributed by atoms with van der Waals surface area (Å²) in [6.07, 6.45) is 1.17. The Morgan fingerprint density at radius 3 is 2.24 bits per heavy atom. The number of amides is 1. The van der Waals surface area contributed by atoms with Gasteiger partial charge < -0.3 is 14.8 Å². The number of carbonyl (C=O) groups excluding carboxylic acids is 2. The molecule has 0 fully saturated rings. The smallest absolute Gasteiger partial charge is 0.308 e. The van der Waals surface area contributed by atoms with Crippen LogP contribution in [-0.4, -0.2) is 25.6 Å². The second-order valence-electron chi connectivity index (χ2n) is 5.55. The lowest BCUT2D eigenvalue weighted by Crippen LogP contribution is -2.22. The lowest BCUT2D eigenvalue weighted by atomic mass is 10.1. The molecule has 0 heterocycles. The van der Waals surface area contributed by atoms with E-state index in [1.807, 2.05) is 48.5 Å². The van der Waals surface area contributed by atoms with Crippen molar-refractivity contribution in [3.05, 3.63) is 65.2 Å². The van der Waals surface area contributed by atoms with Crippen molar-refractivity contribution in [3.63, 3.8) is 0 Å². The molecule has 0 aliphatic carbocycles. The van der Waals surface area contributed by atoms with Crippen LogP contribution in [-0.2, 0) is 22.5 Å².